The van der Waals surface area contributed by atoms with Gasteiger partial charge < -0.3 is 0 Å². The highest BCUT2D eigenvalue weighted by Crippen LogP contribution is 2.55. The molecule has 0 atom stereocenters. The molecule has 0 unspecified atom stereocenters. The molecule has 0 N–H and O–H groups in total. The minimum Gasteiger partial charge on any atom is -0.274 e. The molecular weight excluding hydrogens is 530 g/mol. The molecule has 0 spiro atoms. The molecule has 2 aliphatic heterocycles. The molecule has 39 heavy (non-hydrogen) atoms. The Bertz CT molecular complexity index is 1280. The average molecular weight is 554 g/mol. The normalized spacial score (nSPS) is 15.9. The lowest BCUT2D eigenvalue weighted by Crippen LogP contribution is -2.53. The minimum absolute atomic E-state index is 0.00679. The van der Waals surface area contributed by atoms with E-state index in [2.05, 4.69) is 0 Å². The summed E-state index contributed by atoms with van der Waals surface area (Å²) in [6, 6.07) is 3.92. The van der Waals surface area contributed by atoms with Gasteiger partial charge in [-0.2, -0.15) is 22.0 Å². The molecule has 0 fully saturated rings. The lowest BCUT2D eigenvalue weighted by Gasteiger charge is -2.35. The number of benzene rings is 2. The molecule has 4 rings (SSSR count). The van der Waals surface area contributed by atoms with Gasteiger partial charge in [-0.3, -0.25) is 29.0 Å². The van der Waals surface area contributed by atoms with Crippen molar-refractivity contribution in [2.75, 3.05) is 13.1 Å². The average Bonchev–Trinajstić information content (AvgIpc) is 3.28. The molecule has 2 aromatic carbocycles. The molecule has 0 saturated heterocycles. The first kappa shape index (κ1) is 28.3. The molecule has 2 aliphatic rings. The fourth-order valence-corrected chi connectivity index (χ4v) is 4.77. The van der Waals surface area contributed by atoms with E-state index in [4.69, 9.17) is 0 Å². The van der Waals surface area contributed by atoms with Crippen molar-refractivity contribution in [2.45, 2.75) is 57.3 Å². The van der Waals surface area contributed by atoms with Gasteiger partial charge in [-0.15, -0.1) is 0 Å². The van der Waals surface area contributed by atoms with Crippen LogP contribution in [0.4, 0.5) is 26.3 Å². The van der Waals surface area contributed by atoms with Crippen molar-refractivity contribution >= 4 is 23.6 Å². The maximum absolute atomic E-state index is 16.6. The van der Waals surface area contributed by atoms with Crippen molar-refractivity contribution in [1.29, 1.82) is 0 Å². The number of alkyl halides is 6. The molecule has 6 nitrogen and oxygen atoms in total. The van der Waals surface area contributed by atoms with Crippen LogP contribution in [0.1, 0.15) is 92.1 Å². The van der Waals surface area contributed by atoms with Crippen molar-refractivity contribution in [2.24, 2.45) is 0 Å². The number of imide groups is 2. The van der Waals surface area contributed by atoms with Gasteiger partial charge in [-0.25, -0.2) is 4.39 Å². The zero-order valence-corrected chi connectivity index (χ0v) is 21.0. The molecule has 208 valence electrons. The van der Waals surface area contributed by atoms with Gasteiger partial charge in [-0.1, -0.05) is 38.8 Å². The number of halogens is 6. The summed E-state index contributed by atoms with van der Waals surface area (Å²) >= 11 is 0. The number of rotatable bonds is 9. The summed E-state index contributed by atoms with van der Waals surface area (Å²) in [5, 5.41) is 0. The Hall–Kier alpha value is -3.70. The minimum atomic E-state index is -6.39. The summed E-state index contributed by atoms with van der Waals surface area (Å²) in [4.78, 5) is 52.5. The van der Waals surface area contributed by atoms with Crippen molar-refractivity contribution in [3.05, 3.63) is 69.8 Å². The van der Waals surface area contributed by atoms with Crippen LogP contribution in [0.2, 0.25) is 0 Å². The molecule has 2 heterocycles. The smallest absolute Gasteiger partial charge is 0.274 e. The van der Waals surface area contributed by atoms with E-state index in [9.17, 15) is 32.3 Å². The lowest BCUT2D eigenvalue weighted by atomic mass is 9.80. The molecule has 0 aliphatic carbocycles. The third-order valence-electron chi connectivity index (χ3n) is 7.00. The summed E-state index contributed by atoms with van der Waals surface area (Å²) < 4.78 is 87.8. The topological polar surface area (TPSA) is 74.8 Å². The highest BCUT2D eigenvalue weighted by atomic mass is 19.4. The highest BCUT2D eigenvalue weighted by molar-refractivity contribution is 6.22. The van der Waals surface area contributed by atoms with E-state index in [0.29, 0.717) is 49.9 Å². The number of amides is 4. The van der Waals surface area contributed by atoms with E-state index in [-0.39, 0.29) is 24.2 Å². The van der Waals surface area contributed by atoms with Crippen LogP contribution in [0, 0.1) is 0 Å². The van der Waals surface area contributed by atoms with E-state index in [1.807, 2.05) is 0 Å². The van der Waals surface area contributed by atoms with Crippen LogP contribution >= 0.6 is 0 Å². The number of nitrogens with zero attached hydrogens (tertiary/aromatic N) is 2. The van der Waals surface area contributed by atoms with Crippen molar-refractivity contribution < 1.29 is 45.5 Å². The lowest BCUT2D eigenvalue weighted by molar-refractivity contribution is -0.323. The van der Waals surface area contributed by atoms with Crippen LogP contribution in [0.5, 0.6) is 0 Å². The Morgan fingerprint density at radius 2 is 0.949 bits per heavy atom. The Balaban J connectivity index is 1.88. The van der Waals surface area contributed by atoms with Gasteiger partial charge in [0.2, 0.25) is 5.67 Å². The predicted octanol–water partition coefficient (Wildman–Crippen LogP) is 5.89. The maximum Gasteiger partial charge on any atom is 0.457 e. The van der Waals surface area contributed by atoms with Crippen LogP contribution in [-0.2, 0) is 5.67 Å². The Kier molecular flexibility index (Phi) is 7.11. The van der Waals surface area contributed by atoms with Gasteiger partial charge in [0, 0.05) is 24.2 Å². The summed E-state index contributed by atoms with van der Waals surface area (Å²) in [5.41, 5.74) is -8.60. The molecular formula is C27H24F6N2O4. The second-order valence-electron chi connectivity index (χ2n) is 9.48. The number of hydrogen-bond donors (Lipinski definition) is 0. The highest BCUT2D eigenvalue weighted by Gasteiger charge is 2.73. The quantitative estimate of drug-likeness (QED) is 0.286. The first-order valence-electron chi connectivity index (χ1n) is 12.4. The zero-order chi connectivity index (χ0) is 28.9. The third-order valence-corrected chi connectivity index (χ3v) is 7.00. The SMILES string of the molecule is CCCCN1C(=O)c2ccc(C(F)(c3ccc4c(c3)C(=O)N(CCCC)C4=O)C(F)(F)C(F)(F)F)cc2C1=O. The number of carbonyl (C=O) groups is 4. The van der Waals surface area contributed by atoms with E-state index >= 15 is 13.2 Å². The summed E-state index contributed by atoms with van der Waals surface area (Å²) in [5.74, 6) is -9.45. The Labute approximate surface area is 219 Å². The standard InChI is InChI=1S/C27H24F6N2O4/c1-3-5-11-34-21(36)17-9-7-15(13-19(17)23(34)38)25(28,26(29,30)27(31,32)33)16-8-10-18-20(14-16)24(39)35(22(18)37)12-6-4-2/h7-10,13-14H,3-6,11-12H2,1-2H3. The Morgan fingerprint density at radius 3 is 1.28 bits per heavy atom. The van der Waals surface area contributed by atoms with Gasteiger partial charge in [0.1, 0.15) is 0 Å². The second kappa shape index (κ2) is 9.80. The first-order chi connectivity index (χ1) is 18.2. The molecule has 4 amide bonds. The van der Waals surface area contributed by atoms with Gasteiger partial charge >= 0.3 is 12.1 Å². The first-order valence-corrected chi connectivity index (χ1v) is 12.4. The molecule has 0 aromatic heterocycles. The monoisotopic (exact) mass is 554 g/mol. The number of fused-ring (bicyclic) bond motifs is 2. The van der Waals surface area contributed by atoms with Gasteiger partial charge in [0.05, 0.1) is 22.3 Å². The molecule has 0 radical (unpaired) electrons. The van der Waals surface area contributed by atoms with Crippen molar-refractivity contribution in [3.63, 3.8) is 0 Å². The molecule has 0 bridgehead atoms. The van der Waals surface area contributed by atoms with Gasteiger partial charge in [-0.05, 0) is 37.1 Å². The summed E-state index contributed by atoms with van der Waals surface area (Å²) in [6.45, 7) is 3.58. The molecule has 0 saturated carbocycles. The molecule has 12 heteroatoms. The zero-order valence-electron chi connectivity index (χ0n) is 21.0. The van der Waals surface area contributed by atoms with Crippen LogP contribution in [0.15, 0.2) is 36.4 Å². The van der Waals surface area contributed by atoms with E-state index in [1.54, 1.807) is 13.8 Å². The van der Waals surface area contributed by atoms with E-state index in [0.717, 1.165) is 21.9 Å². The van der Waals surface area contributed by atoms with Crippen LogP contribution in [0.25, 0.3) is 0 Å². The van der Waals surface area contributed by atoms with Crippen molar-refractivity contribution in [1.82, 2.24) is 9.80 Å². The van der Waals surface area contributed by atoms with E-state index < -0.39 is 63.7 Å². The Morgan fingerprint density at radius 1 is 0.590 bits per heavy atom. The van der Waals surface area contributed by atoms with Crippen LogP contribution in [0.3, 0.4) is 0 Å². The molecule has 2 aromatic rings. The fourth-order valence-electron chi connectivity index (χ4n) is 4.77. The summed E-state index contributed by atoms with van der Waals surface area (Å²) in [6.07, 6.45) is -4.32. The van der Waals surface area contributed by atoms with E-state index in [1.165, 1.54) is 0 Å². The second-order valence-corrected chi connectivity index (χ2v) is 9.48. The summed E-state index contributed by atoms with van der Waals surface area (Å²) in [7, 11) is 0. The number of carbonyl (C=O) groups excluding carboxylic acids is 4. The fraction of sp³-hybridized carbons (Fsp3) is 0.407. The third kappa shape index (κ3) is 4.20. The predicted molar refractivity (Wildman–Crippen MR) is 126 cm³/mol. The maximum atomic E-state index is 16.6. The van der Waals surface area contributed by atoms with Crippen LogP contribution in [-0.4, -0.2) is 58.6 Å². The van der Waals surface area contributed by atoms with Gasteiger partial charge in [0.25, 0.3) is 23.6 Å². The number of unbranched alkanes of at least 4 members (excludes halogenated alkanes) is 2. The largest absolute Gasteiger partial charge is 0.457 e. The van der Waals surface area contributed by atoms with Crippen LogP contribution < -0.4 is 0 Å². The van der Waals surface area contributed by atoms with Gasteiger partial charge in [0.15, 0.2) is 0 Å². The number of hydrogen-bond acceptors (Lipinski definition) is 4. The van der Waals surface area contributed by atoms with Crippen molar-refractivity contribution in [3.8, 4) is 0 Å².